The van der Waals surface area contributed by atoms with Crippen LogP contribution in [0.2, 0.25) is 0 Å². The van der Waals surface area contributed by atoms with Gasteiger partial charge < -0.3 is 19.5 Å². The van der Waals surface area contributed by atoms with Crippen LogP contribution in [0, 0.1) is 0 Å². The van der Waals surface area contributed by atoms with E-state index in [2.05, 4.69) is 29.2 Å². The van der Waals surface area contributed by atoms with Crippen LogP contribution in [0.3, 0.4) is 0 Å². The van der Waals surface area contributed by atoms with Crippen molar-refractivity contribution in [2.75, 3.05) is 39.4 Å². The van der Waals surface area contributed by atoms with Gasteiger partial charge in [-0.1, -0.05) is 24.3 Å². The van der Waals surface area contributed by atoms with Crippen molar-refractivity contribution < 1.29 is 19.4 Å². The van der Waals surface area contributed by atoms with E-state index in [9.17, 15) is 9.90 Å². The van der Waals surface area contributed by atoms with Crippen LogP contribution in [0.1, 0.15) is 39.9 Å². The molecule has 0 aromatic heterocycles. The second-order valence-corrected chi connectivity index (χ2v) is 9.16. The van der Waals surface area contributed by atoms with Crippen molar-refractivity contribution in [2.24, 2.45) is 0 Å². The molecule has 2 aromatic rings. The van der Waals surface area contributed by atoms with E-state index in [1.54, 1.807) is 4.90 Å². The van der Waals surface area contributed by atoms with Crippen molar-refractivity contribution >= 4 is 5.91 Å². The van der Waals surface area contributed by atoms with E-state index in [4.69, 9.17) is 9.47 Å². The van der Waals surface area contributed by atoms with Crippen molar-refractivity contribution in [2.45, 2.75) is 44.4 Å². The second kappa shape index (κ2) is 9.61. The molecule has 0 unspecified atom stereocenters. The average Bonchev–Trinajstić information content (AvgIpc) is 2.81. The topological polar surface area (TPSA) is 62.2 Å². The molecule has 6 heteroatoms. The van der Waals surface area contributed by atoms with Gasteiger partial charge in [0, 0.05) is 51.1 Å². The Kier molecular flexibility index (Phi) is 6.44. The number of amides is 1. The highest BCUT2D eigenvalue weighted by molar-refractivity contribution is 5.97. The average molecular weight is 437 g/mol. The van der Waals surface area contributed by atoms with Crippen molar-refractivity contribution in [1.82, 2.24) is 9.80 Å². The minimum Gasteiger partial charge on any atom is -0.490 e. The summed E-state index contributed by atoms with van der Waals surface area (Å²) in [5.74, 6) is 0.842. The Morgan fingerprint density at radius 1 is 1.00 bits per heavy atom. The normalized spacial score (nSPS) is 20.5. The maximum absolute atomic E-state index is 13.1. The highest BCUT2D eigenvalue weighted by atomic mass is 16.5. The largest absolute Gasteiger partial charge is 0.490 e. The molecule has 0 bridgehead atoms. The summed E-state index contributed by atoms with van der Waals surface area (Å²) in [5.41, 5.74) is 4.52. The number of ether oxygens (including phenoxy) is 2. The molecule has 2 aromatic carbocycles. The third-order valence-electron chi connectivity index (χ3n) is 6.83. The van der Waals surface area contributed by atoms with Crippen molar-refractivity contribution in [3.8, 4) is 5.75 Å². The fraction of sp³-hybridized carbons (Fsp3) is 0.500. The first-order chi connectivity index (χ1) is 15.7. The molecule has 1 fully saturated rings. The number of carbonyl (C=O) groups is 1. The Morgan fingerprint density at radius 3 is 2.62 bits per heavy atom. The number of β-amino-alcohol motifs (C(OH)–C–C–N with tert-alkyl or cyclic N) is 1. The monoisotopic (exact) mass is 436 g/mol. The predicted octanol–water partition coefficient (Wildman–Crippen LogP) is 2.66. The quantitative estimate of drug-likeness (QED) is 0.755. The summed E-state index contributed by atoms with van der Waals surface area (Å²) < 4.78 is 11.5. The summed E-state index contributed by atoms with van der Waals surface area (Å²) in [7, 11) is 0. The number of benzene rings is 2. The van der Waals surface area contributed by atoms with E-state index in [0.29, 0.717) is 19.6 Å². The molecule has 1 N–H and O–H groups in total. The SMILES string of the molecule is O=C1c2ccc(OC3CCOCC3)cc2CCN1C[C@H](O)CN1CCc2ccccc2C1. The van der Waals surface area contributed by atoms with Gasteiger partial charge in [0.05, 0.1) is 19.3 Å². The first-order valence-electron chi connectivity index (χ1n) is 11.8. The van der Waals surface area contributed by atoms with Crippen LogP contribution in [0.5, 0.6) is 5.75 Å². The van der Waals surface area contributed by atoms with E-state index in [0.717, 1.165) is 68.9 Å². The molecule has 32 heavy (non-hydrogen) atoms. The molecule has 0 radical (unpaired) electrons. The number of hydrogen-bond acceptors (Lipinski definition) is 5. The van der Waals surface area contributed by atoms with Crippen LogP contribution in [0.15, 0.2) is 42.5 Å². The lowest BCUT2D eigenvalue weighted by molar-refractivity contribution is 0.0255. The molecule has 1 saturated heterocycles. The second-order valence-electron chi connectivity index (χ2n) is 9.16. The maximum Gasteiger partial charge on any atom is 0.254 e. The number of nitrogens with zero attached hydrogens (tertiary/aromatic N) is 2. The zero-order chi connectivity index (χ0) is 21.9. The Hall–Kier alpha value is -2.41. The molecule has 0 saturated carbocycles. The molecule has 6 nitrogen and oxygen atoms in total. The van der Waals surface area contributed by atoms with E-state index in [1.165, 1.54) is 11.1 Å². The number of carbonyl (C=O) groups excluding carboxylic acids is 1. The Morgan fingerprint density at radius 2 is 1.78 bits per heavy atom. The third kappa shape index (κ3) is 4.82. The van der Waals surface area contributed by atoms with Crippen LogP contribution in [0.25, 0.3) is 0 Å². The molecular weight excluding hydrogens is 404 g/mol. The van der Waals surface area contributed by atoms with Gasteiger partial charge in [-0.2, -0.15) is 0 Å². The van der Waals surface area contributed by atoms with Crippen LogP contribution in [-0.4, -0.2) is 72.4 Å². The molecule has 3 aliphatic heterocycles. The summed E-state index contributed by atoms with van der Waals surface area (Å²) >= 11 is 0. The van der Waals surface area contributed by atoms with Gasteiger partial charge in [-0.15, -0.1) is 0 Å². The highest BCUT2D eigenvalue weighted by Crippen LogP contribution is 2.26. The van der Waals surface area contributed by atoms with Crippen LogP contribution in [-0.2, 0) is 24.1 Å². The Bertz CT molecular complexity index is 957. The molecule has 3 aliphatic rings. The fourth-order valence-electron chi connectivity index (χ4n) is 5.07. The molecule has 1 amide bonds. The van der Waals surface area contributed by atoms with Gasteiger partial charge in [-0.25, -0.2) is 0 Å². The zero-order valence-electron chi connectivity index (χ0n) is 18.5. The number of rotatable bonds is 6. The molecular formula is C26H32N2O4. The van der Waals surface area contributed by atoms with Crippen LogP contribution in [0.4, 0.5) is 0 Å². The molecule has 1 atom stereocenters. The van der Waals surface area contributed by atoms with Gasteiger partial charge in [-0.3, -0.25) is 9.69 Å². The lowest BCUT2D eigenvalue weighted by Crippen LogP contribution is -2.46. The van der Waals surface area contributed by atoms with Gasteiger partial charge in [0.1, 0.15) is 11.9 Å². The molecule has 170 valence electrons. The van der Waals surface area contributed by atoms with Crippen LogP contribution < -0.4 is 4.74 Å². The molecule has 0 spiro atoms. The van der Waals surface area contributed by atoms with E-state index in [-0.39, 0.29) is 12.0 Å². The van der Waals surface area contributed by atoms with E-state index in [1.807, 2.05) is 18.2 Å². The van der Waals surface area contributed by atoms with Gasteiger partial charge in [0.25, 0.3) is 5.91 Å². The number of aliphatic hydroxyl groups is 1. The van der Waals surface area contributed by atoms with Gasteiger partial charge in [0.2, 0.25) is 0 Å². The third-order valence-corrected chi connectivity index (χ3v) is 6.83. The first-order valence-corrected chi connectivity index (χ1v) is 11.8. The van der Waals surface area contributed by atoms with Gasteiger partial charge >= 0.3 is 0 Å². The summed E-state index contributed by atoms with van der Waals surface area (Å²) in [6.45, 7) is 4.89. The predicted molar refractivity (Wildman–Crippen MR) is 122 cm³/mol. The zero-order valence-corrected chi connectivity index (χ0v) is 18.5. The van der Waals surface area contributed by atoms with Crippen molar-refractivity contribution in [3.05, 3.63) is 64.7 Å². The number of aliphatic hydroxyl groups excluding tert-OH is 1. The molecule has 5 rings (SSSR count). The van der Waals surface area contributed by atoms with E-state index >= 15 is 0 Å². The lowest BCUT2D eigenvalue weighted by atomic mass is 9.98. The number of fused-ring (bicyclic) bond motifs is 2. The minimum absolute atomic E-state index is 0.00639. The highest BCUT2D eigenvalue weighted by Gasteiger charge is 2.28. The van der Waals surface area contributed by atoms with Gasteiger partial charge in [0.15, 0.2) is 0 Å². The standard InChI is InChI=1S/C26H32N2O4/c29-22(17-27-11-7-19-3-1-2-4-21(19)16-27)18-28-12-8-20-15-24(5-6-25(20)26(28)30)32-23-9-13-31-14-10-23/h1-6,15,22-23,29H,7-14,16-18H2/t22-/m1/s1. The smallest absolute Gasteiger partial charge is 0.254 e. The summed E-state index contributed by atoms with van der Waals surface area (Å²) in [5, 5.41) is 10.7. The lowest BCUT2D eigenvalue weighted by Gasteiger charge is -2.34. The fourth-order valence-corrected chi connectivity index (χ4v) is 5.07. The van der Waals surface area contributed by atoms with Crippen molar-refractivity contribution in [1.29, 1.82) is 0 Å². The molecule has 0 aliphatic carbocycles. The minimum atomic E-state index is -0.554. The summed E-state index contributed by atoms with van der Waals surface area (Å²) in [4.78, 5) is 17.1. The number of hydrogen-bond donors (Lipinski definition) is 1. The van der Waals surface area contributed by atoms with Crippen LogP contribution >= 0.6 is 0 Å². The summed E-state index contributed by atoms with van der Waals surface area (Å²) in [6, 6.07) is 14.3. The van der Waals surface area contributed by atoms with Crippen molar-refractivity contribution in [3.63, 3.8) is 0 Å². The molecule has 3 heterocycles. The first kappa shape index (κ1) is 21.4. The maximum atomic E-state index is 13.1. The van der Waals surface area contributed by atoms with Gasteiger partial charge in [-0.05, 0) is 47.7 Å². The van der Waals surface area contributed by atoms with E-state index < -0.39 is 6.10 Å². The Labute approximate surface area is 189 Å². The summed E-state index contributed by atoms with van der Waals surface area (Å²) in [6.07, 6.45) is 3.25. The Balaban J connectivity index is 1.16.